The molecular formula is C15H16N4O3. The molecule has 0 saturated heterocycles. The number of aliphatic carboxylic acids is 1. The summed E-state index contributed by atoms with van der Waals surface area (Å²) in [4.78, 5) is 23.3. The highest BCUT2D eigenvalue weighted by molar-refractivity contribution is 5.94. The first-order chi connectivity index (χ1) is 10.6. The molecule has 1 saturated carbocycles. The van der Waals surface area contributed by atoms with Crippen LogP contribution in [0.1, 0.15) is 29.8 Å². The highest BCUT2D eigenvalue weighted by Crippen LogP contribution is 2.33. The summed E-state index contributed by atoms with van der Waals surface area (Å²) in [6.07, 6.45) is 4.02. The van der Waals surface area contributed by atoms with Crippen LogP contribution in [0.4, 0.5) is 0 Å². The van der Waals surface area contributed by atoms with Gasteiger partial charge in [0, 0.05) is 0 Å². The van der Waals surface area contributed by atoms with E-state index in [1.54, 1.807) is 0 Å². The van der Waals surface area contributed by atoms with Gasteiger partial charge in [-0.2, -0.15) is 0 Å². The Morgan fingerprint density at radius 3 is 2.68 bits per heavy atom. The third-order valence-electron chi connectivity index (χ3n) is 3.62. The highest BCUT2D eigenvalue weighted by Gasteiger charge is 2.30. The first-order valence-electron chi connectivity index (χ1n) is 7.15. The number of nitrogens with zero attached hydrogens (tertiary/aromatic N) is 3. The van der Waals surface area contributed by atoms with Crippen LogP contribution >= 0.6 is 0 Å². The molecule has 2 aromatic rings. The van der Waals surface area contributed by atoms with Gasteiger partial charge in [-0.15, -0.1) is 5.10 Å². The second-order valence-electron chi connectivity index (χ2n) is 5.43. The Kier molecular flexibility index (Phi) is 3.86. The van der Waals surface area contributed by atoms with Gasteiger partial charge in [0.15, 0.2) is 5.69 Å². The van der Waals surface area contributed by atoms with Crippen molar-refractivity contribution >= 4 is 11.9 Å². The molecule has 0 spiro atoms. The fraction of sp³-hybridized carbons (Fsp3) is 0.333. The first-order valence-corrected chi connectivity index (χ1v) is 7.15. The molecule has 1 aromatic heterocycles. The van der Waals surface area contributed by atoms with Crippen LogP contribution in [-0.4, -0.2) is 38.0 Å². The van der Waals surface area contributed by atoms with E-state index >= 15 is 0 Å². The Morgan fingerprint density at radius 2 is 2.05 bits per heavy atom. The second kappa shape index (κ2) is 5.97. The molecule has 1 fully saturated rings. The lowest BCUT2D eigenvalue weighted by Gasteiger charge is -2.12. The van der Waals surface area contributed by atoms with Crippen LogP contribution in [0, 0.1) is 5.92 Å². The van der Waals surface area contributed by atoms with E-state index in [0.717, 1.165) is 18.5 Å². The van der Waals surface area contributed by atoms with Crippen molar-refractivity contribution < 1.29 is 14.7 Å². The van der Waals surface area contributed by atoms with Crippen LogP contribution < -0.4 is 5.32 Å². The third kappa shape index (κ3) is 3.30. The second-order valence-corrected chi connectivity index (χ2v) is 5.43. The minimum atomic E-state index is -1.02. The molecule has 1 unspecified atom stereocenters. The van der Waals surface area contributed by atoms with E-state index in [1.165, 1.54) is 10.9 Å². The average Bonchev–Trinajstić information content (AvgIpc) is 3.20. The number of carboxylic acids is 1. The monoisotopic (exact) mass is 300 g/mol. The Balaban J connectivity index is 1.69. The van der Waals surface area contributed by atoms with Crippen LogP contribution in [0.5, 0.6) is 0 Å². The largest absolute Gasteiger partial charge is 0.480 e. The normalized spacial score (nSPS) is 15.3. The van der Waals surface area contributed by atoms with Crippen LogP contribution in [0.3, 0.4) is 0 Å². The van der Waals surface area contributed by atoms with Crippen molar-refractivity contribution in [3.63, 3.8) is 0 Å². The molecule has 0 aliphatic heterocycles. The standard InChI is InChI=1S/C15H16N4O3/c20-14(16-12(15(21)22)8-10-6-7-10)13-9-19(18-17-13)11-4-2-1-3-5-11/h1-5,9-10,12H,6-8H2,(H,16,20)(H,21,22). The fourth-order valence-electron chi connectivity index (χ4n) is 2.22. The van der Waals surface area contributed by atoms with Gasteiger partial charge in [-0.25, -0.2) is 9.48 Å². The van der Waals surface area contributed by atoms with E-state index in [0.29, 0.717) is 12.3 Å². The highest BCUT2D eigenvalue weighted by atomic mass is 16.4. The molecule has 1 aliphatic rings. The number of benzene rings is 1. The zero-order valence-electron chi connectivity index (χ0n) is 11.8. The molecule has 0 radical (unpaired) electrons. The van der Waals surface area contributed by atoms with E-state index in [4.69, 9.17) is 0 Å². The van der Waals surface area contributed by atoms with Crippen molar-refractivity contribution in [2.24, 2.45) is 5.92 Å². The lowest BCUT2D eigenvalue weighted by atomic mass is 10.1. The van der Waals surface area contributed by atoms with Gasteiger partial charge >= 0.3 is 5.97 Å². The molecule has 1 aromatic carbocycles. The summed E-state index contributed by atoms with van der Waals surface area (Å²) in [6.45, 7) is 0. The molecule has 7 heteroatoms. The van der Waals surface area contributed by atoms with Gasteiger partial charge in [0.25, 0.3) is 5.91 Å². The Hall–Kier alpha value is -2.70. The van der Waals surface area contributed by atoms with Gasteiger partial charge in [-0.05, 0) is 24.5 Å². The molecule has 1 heterocycles. The molecule has 1 aliphatic carbocycles. The smallest absolute Gasteiger partial charge is 0.326 e. The molecule has 1 amide bonds. The first kappa shape index (κ1) is 14.2. The van der Waals surface area contributed by atoms with Crippen molar-refractivity contribution in [3.05, 3.63) is 42.2 Å². The van der Waals surface area contributed by atoms with Crippen LogP contribution in [0.2, 0.25) is 0 Å². The minimum Gasteiger partial charge on any atom is -0.480 e. The number of hydrogen-bond acceptors (Lipinski definition) is 4. The van der Waals surface area contributed by atoms with Gasteiger partial charge in [0.2, 0.25) is 0 Å². The topological polar surface area (TPSA) is 97.1 Å². The van der Waals surface area contributed by atoms with Crippen LogP contribution in [0.25, 0.3) is 5.69 Å². The van der Waals surface area contributed by atoms with Crippen molar-refractivity contribution in [1.29, 1.82) is 0 Å². The summed E-state index contributed by atoms with van der Waals surface area (Å²) in [5.74, 6) is -1.13. The summed E-state index contributed by atoms with van der Waals surface area (Å²) >= 11 is 0. The fourth-order valence-corrected chi connectivity index (χ4v) is 2.22. The maximum atomic E-state index is 12.1. The number of amides is 1. The summed E-state index contributed by atoms with van der Waals surface area (Å²) in [6, 6.07) is 8.39. The van der Waals surface area contributed by atoms with E-state index in [1.807, 2.05) is 30.3 Å². The van der Waals surface area contributed by atoms with Crippen molar-refractivity contribution in [2.75, 3.05) is 0 Å². The average molecular weight is 300 g/mol. The van der Waals surface area contributed by atoms with Gasteiger partial charge < -0.3 is 10.4 Å². The number of aromatic nitrogens is 3. The zero-order valence-corrected chi connectivity index (χ0v) is 11.8. The van der Waals surface area contributed by atoms with Crippen molar-refractivity contribution in [2.45, 2.75) is 25.3 Å². The molecule has 2 N–H and O–H groups in total. The number of carbonyl (C=O) groups excluding carboxylic acids is 1. The number of carbonyl (C=O) groups is 2. The summed E-state index contributed by atoms with van der Waals surface area (Å²) in [5, 5.41) is 19.4. The van der Waals surface area contributed by atoms with Crippen LogP contribution in [-0.2, 0) is 4.79 Å². The lowest BCUT2D eigenvalue weighted by Crippen LogP contribution is -2.41. The maximum Gasteiger partial charge on any atom is 0.326 e. The number of para-hydroxylation sites is 1. The number of hydrogen-bond donors (Lipinski definition) is 2. The van der Waals surface area contributed by atoms with E-state index in [-0.39, 0.29) is 5.69 Å². The number of rotatable bonds is 6. The van der Waals surface area contributed by atoms with Gasteiger partial charge in [0.05, 0.1) is 11.9 Å². The van der Waals surface area contributed by atoms with Gasteiger partial charge in [-0.1, -0.05) is 36.3 Å². The Morgan fingerprint density at radius 1 is 1.32 bits per heavy atom. The molecule has 7 nitrogen and oxygen atoms in total. The van der Waals surface area contributed by atoms with E-state index < -0.39 is 17.9 Å². The summed E-state index contributed by atoms with van der Waals surface area (Å²) in [7, 11) is 0. The van der Waals surface area contributed by atoms with Crippen molar-refractivity contribution in [3.8, 4) is 5.69 Å². The van der Waals surface area contributed by atoms with E-state index in [9.17, 15) is 14.7 Å². The van der Waals surface area contributed by atoms with Gasteiger partial charge in [-0.3, -0.25) is 4.79 Å². The lowest BCUT2D eigenvalue weighted by molar-refractivity contribution is -0.139. The molecule has 0 bridgehead atoms. The predicted octanol–water partition coefficient (Wildman–Crippen LogP) is 1.25. The van der Waals surface area contributed by atoms with Gasteiger partial charge in [0.1, 0.15) is 6.04 Å². The third-order valence-corrected chi connectivity index (χ3v) is 3.62. The van der Waals surface area contributed by atoms with Crippen molar-refractivity contribution in [1.82, 2.24) is 20.3 Å². The SMILES string of the molecule is O=C(NC(CC1CC1)C(=O)O)c1cn(-c2ccccc2)nn1. The maximum absolute atomic E-state index is 12.1. The Labute approximate surface area is 126 Å². The molecular weight excluding hydrogens is 284 g/mol. The Bertz CT molecular complexity index is 679. The quantitative estimate of drug-likeness (QED) is 0.837. The van der Waals surface area contributed by atoms with Crippen LogP contribution in [0.15, 0.2) is 36.5 Å². The molecule has 22 heavy (non-hydrogen) atoms. The summed E-state index contributed by atoms with van der Waals surface area (Å²) in [5.41, 5.74) is 0.882. The van der Waals surface area contributed by atoms with E-state index in [2.05, 4.69) is 15.6 Å². The summed E-state index contributed by atoms with van der Waals surface area (Å²) < 4.78 is 1.48. The zero-order chi connectivity index (χ0) is 15.5. The minimum absolute atomic E-state index is 0.103. The number of nitrogens with one attached hydrogen (secondary N) is 1. The number of carboxylic acid groups (broad SMARTS) is 1. The molecule has 3 rings (SSSR count). The molecule has 114 valence electrons. The molecule has 1 atom stereocenters. The predicted molar refractivity (Wildman–Crippen MR) is 77.6 cm³/mol.